The molecule has 0 aliphatic heterocycles. The Kier molecular flexibility index (Phi) is 3.82. The SMILES string of the molecule is O=C(CCc1ccc(F)cc1)c1cccc(F)c1. The first-order valence-electron chi connectivity index (χ1n) is 5.68. The molecule has 2 aromatic carbocycles. The molecule has 0 N–H and O–H groups in total. The summed E-state index contributed by atoms with van der Waals surface area (Å²) >= 11 is 0. The van der Waals surface area contributed by atoms with Gasteiger partial charge in [0.2, 0.25) is 0 Å². The third-order valence-corrected chi connectivity index (χ3v) is 2.70. The molecule has 0 fully saturated rings. The van der Waals surface area contributed by atoms with Crippen molar-refractivity contribution in [3.05, 3.63) is 71.3 Å². The van der Waals surface area contributed by atoms with Gasteiger partial charge in [0.05, 0.1) is 0 Å². The maximum atomic E-state index is 12.9. The zero-order chi connectivity index (χ0) is 13.0. The van der Waals surface area contributed by atoms with Gasteiger partial charge in [-0.25, -0.2) is 8.78 Å². The monoisotopic (exact) mass is 246 g/mol. The lowest BCUT2D eigenvalue weighted by atomic mass is 10.0. The van der Waals surface area contributed by atoms with E-state index in [4.69, 9.17) is 0 Å². The number of carbonyl (C=O) groups excluding carboxylic acids is 1. The van der Waals surface area contributed by atoms with Crippen molar-refractivity contribution in [2.75, 3.05) is 0 Å². The van der Waals surface area contributed by atoms with Crippen LogP contribution in [0.4, 0.5) is 8.78 Å². The summed E-state index contributed by atoms with van der Waals surface area (Å²) in [5.41, 5.74) is 1.26. The second-order valence-corrected chi connectivity index (χ2v) is 4.06. The fraction of sp³-hybridized carbons (Fsp3) is 0.133. The minimum absolute atomic E-state index is 0.112. The van der Waals surface area contributed by atoms with Crippen molar-refractivity contribution in [2.45, 2.75) is 12.8 Å². The van der Waals surface area contributed by atoms with E-state index in [0.29, 0.717) is 12.0 Å². The third kappa shape index (κ3) is 3.23. The van der Waals surface area contributed by atoms with Crippen molar-refractivity contribution in [1.82, 2.24) is 0 Å². The van der Waals surface area contributed by atoms with Crippen LogP contribution >= 0.6 is 0 Å². The van der Waals surface area contributed by atoms with Gasteiger partial charge in [0.15, 0.2) is 5.78 Å². The number of halogens is 2. The minimum Gasteiger partial charge on any atom is -0.294 e. The van der Waals surface area contributed by atoms with E-state index < -0.39 is 5.82 Å². The molecular weight excluding hydrogens is 234 g/mol. The molecule has 0 bridgehead atoms. The van der Waals surface area contributed by atoms with Crippen LogP contribution in [0.25, 0.3) is 0 Å². The van der Waals surface area contributed by atoms with Gasteiger partial charge in [-0.2, -0.15) is 0 Å². The Balaban J connectivity index is 1.98. The number of aryl methyl sites for hydroxylation is 1. The van der Waals surface area contributed by atoms with Crippen molar-refractivity contribution >= 4 is 5.78 Å². The molecule has 2 aromatic rings. The lowest BCUT2D eigenvalue weighted by Crippen LogP contribution is -2.01. The lowest BCUT2D eigenvalue weighted by molar-refractivity contribution is 0.0982. The van der Waals surface area contributed by atoms with E-state index in [1.807, 2.05) is 0 Å². The number of rotatable bonds is 4. The number of ketones is 1. The molecule has 0 aliphatic carbocycles. The average molecular weight is 246 g/mol. The summed E-state index contributed by atoms with van der Waals surface area (Å²) in [4.78, 5) is 11.8. The fourth-order valence-electron chi connectivity index (χ4n) is 1.72. The first-order chi connectivity index (χ1) is 8.65. The summed E-state index contributed by atoms with van der Waals surface area (Å²) in [5.74, 6) is -0.823. The fourth-order valence-corrected chi connectivity index (χ4v) is 1.72. The summed E-state index contributed by atoms with van der Waals surface area (Å²) in [5, 5.41) is 0. The molecule has 0 saturated heterocycles. The predicted molar refractivity (Wildman–Crippen MR) is 65.5 cm³/mol. The van der Waals surface area contributed by atoms with Crippen molar-refractivity contribution in [3.63, 3.8) is 0 Å². The van der Waals surface area contributed by atoms with Gasteiger partial charge in [-0.15, -0.1) is 0 Å². The van der Waals surface area contributed by atoms with Crippen LogP contribution in [0.1, 0.15) is 22.3 Å². The average Bonchev–Trinajstić information content (AvgIpc) is 2.38. The zero-order valence-electron chi connectivity index (χ0n) is 9.70. The molecule has 92 valence electrons. The van der Waals surface area contributed by atoms with E-state index in [0.717, 1.165) is 5.56 Å². The van der Waals surface area contributed by atoms with Crippen LogP contribution < -0.4 is 0 Å². The minimum atomic E-state index is -0.414. The van der Waals surface area contributed by atoms with Crippen LogP contribution in [0.15, 0.2) is 48.5 Å². The topological polar surface area (TPSA) is 17.1 Å². The van der Waals surface area contributed by atoms with Crippen LogP contribution in [-0.2, 0) is 6.42 Å². The van der Waals surface area contributed by atoms with Crippen molar-refractivity contribution in [1.29, 1.82) is 0 Å². The maximum absolute atomic E-state index is 12.9. The Labute approximate surface area is 104 Å². The molecule has 0 amide bonds. The van der Waals surface area contributed by atoms with Gasteiger partial charge < -0.3 is 0 Å². The number of benzene rings is 2. The second-order valence-electron chi connectivity index (χ2n) is 4.06. The van der Waals surface area contributed by atoms with Crippen LogP contribution in [0.3, 0.4) is 0 Å². The molecule has 0 radical (unpaired) electrons. The summed E-state index contributed by atoms with van der Waals surface area (Å²) in [7, 11) is 0. The Morgan fingerprint density at radius 2 is 1.67 bits per heavy atom. The molecule has 0 aliphatic rings. The molecule has 0 unspecified atom stereocenters. The number of hydrogen-bond donors (Lipinski definition) is 0. The highest BCUT2D eigenvalue weighted by atomic mass is 19.1. The zero-order valence-corrected chi connectivity index (χ0v) is 9.70. The highest BCUT2D eigenvalue weighted by Gasteiger charge is 2.07. The summed E-state index contributed by atoms with van der Waals surface area (Å²) in [6.45, 7) is 0. The van der Waals surface area contributed by atoms with Gasteiger partial charge in [0.1, 0.15) is 11.6 Å². The Bertz CT molecular complexity index is 547. The molecule has 3 heteroatoms. The van der Waals surface area contributed by atoms with E-state index >= 15 is 0 Å². The smallest absolute Gasteiger partial charge is 0.163 e. The van der Waals surface area contributed by atoms with Crippen LogP contribution in [0, 0.1) is 11.6 Å². The molecule has 2 rings (SSSR count). The first kappa shape index (κ1) is 12.4. The van der Waals surface area contributed by atoms with Crippen LogP contribution in [-0.4, -0.2) is 5.78 Å². The molecule has 0 spiro atoms. The quantitative estimate of drug-likeness (QED) is 0.750. The lowest BCUT2D eigenvalue weighted by Gasteiger charge is -2.02. The van der Waals surface area contributed by atoms with Crippen molar-refractivity contribution in [2.24, 2.45) is 0 Å². The molecular formula is C15H12F2O. The highest BCUT2D eigenvalue weighted by molar-refractivity contribution is 5.96. The highest BCUT2D eigenvalue weighted by Crippen LogP contribution is 2.10. The van der Waals surface area contributed by atoms with Gasteiger partial charge in [0, 0.05) is 12.0 Å². The second kappa shape index (κ2) is 5.54. The van der Waals surface area contributed by atoms with E-state index in [2.05, 4.69) is 0 Å². The van der Waals surface area contributed by atoms with Crippen LogP contribution in [0.5, 0.6) is 0 Å². The Hall–Kier alpha value is -2.03. The van der Waals surface area contributed by atoms with Gasteiger partial charge in [-0.3, -0.25) is 4.79 Å². The van der Waals surface area contributed by atoms with Crippen molar-refractivity contribution in [3.8, 4) is 0 Å². The van der Waals surface area contributed by atoms with E-state index in [9.17, 15) is 13.6 Å². The van der Waals surface area contributed by atoms with Gasteiger partial charge in [0.25, 0.3) is 0 Å². The third-order valence-electron chi connectivity index (χ3n) is 2.70. The predicted octanol–water partition coefficient (Wildman–Crippen LogP) is 3.78. The molecule has 0 aromatic heterocycles. The standard InChI is InChI=1S/C15H12F2O/c16-13-7-4-11(5-8-13)6-9-15(18)12-2-1-3-14(17)10-12/h1-5,7-8,10H,6,9H2. The number of hydrogen-bond acceptors (Lipinski definition) is 1. The molecule has 0 atom stereocenters. The first-order valence-corrected chi connectivity index (χ1v) is 5.68. The molecule has 1 nitrogen and oxygen atoms in total. The van der Waals surface area contributed by atoms with Crippen molar-refractivity contribution < 1.29 is 13.6 Å². The summed E-state index contributed by atoms with van der Waals surface area (Å²) in [6, 6.07) is 11.7. The van der Waals surface area contributed by atoms with E-state index in [-0.39, 0.29) is 18.0 Å². The Morgan fingerprint density at radius 1 is 0.944 bits per heavy atom. The summed E-state index contributed by atoms with van der Waals surface area (Å²) < 4.78 is 25.6. The molecule has 0 heterocycles. The largest absolute Gasteiger partial charge is 0.294 e. The number of carbonyl (C=O) groups is 1. The van der Waals surface area contributed by atoms with Crippen LogP contribution in [0.2, 0.25) is 0 Å². The normalized spacial score (nSPS) is 10.3. The van der Waals surface area contributed by atoms with Gasteiger partial charge >= 0.3 is 0 Å². The van der Waals surface area contributed by atoms with Gasteiger partial charge in [-0.05, 0) is 36.2 Å². The Morgan fingerprint density at radius 3 is 2.33 bits per heavy atom. The molecule has 0 saturated carbocycles. The number of Topliss-reactive ketones (excluding diaryl/α,β-unsaturated/α-hetero) is 1. The van der Waals surface area contributed by atoms with E-state index in [1.165, 1.54) is 30.3 Å². The molecule has 18 heavy (non-hydrogen) atoms. The van der Waals surface area contributed by atoms with Gasteiger partial charge in [-0.1, -0.05) is 24.3 Å². The van der Waals surface area contributed by atoms with E-state index in [1.54, 1.807) is 18.2 Å². The maximum Gasteiger partial charge on any atom is 0.163 e. The summed E-state index contributed by atoms with van der Waals surface area (Å²) in [6.07, 6.45) is 0.810.